The Balaban J connectivity index is 1.13. The average Bonchev–Trinajstić information content (AvgIpc) is 3.18. The monoisotopic (exact) mass is 626 g/mol. The Morgan fingerprint density at radius 3 is 0.878 bits per heavy atom. The summed E-state index contributed by atoms with van der Waals surface area (Å²) in [6.07, 6.45) is 5.58. The fourth-order valence-electron chi connectivity index (χ4n) is 6.83. The summed E-state index contributed by atoms with van der Waals surface area (Å²) in [4.78, 5) is 16.4. The van der Waals surface area contributed by atoms with Gasteiger partial charge in [-0.1, -0.05) is 109 Å². The third-order valence-corrected chi connectivity index (χ3v) is 9.21. The minimum Gasteiger partial charge on any atom is -0.311 e. The maximum absolute atomic E-state index is 4.70. The average molecular weight is 627 g/mol. The number of nitrogens with zero attached hydrogens (tertiary/aromatic N) is 4. The summed E-state index contributed by atoms with van der Waals surface area (Å²) in [6.45, 7) is 0. The van der Waals surface area contributed by atoms with Gasteiger partial charge in [0.1, 0.15) is 0 Å². The standard InChI is InChI=1S/C45H30N4/c1-7-34-10-4-28-46-43(34)40(13-1)31-16-22-37(23-17-31)49(38-24-18-32(19-25-38)41-14-2-8-35-11-5-29-47-44(35)41)39-26-20-33(21-27-39)42-15-3-9-36-12-6-30-48-45(36)42/h1-30H. The molecule has 0 N–H and O–H groups in total. The summed E-state index contributed by atoms with van der Waals surface area (Å²) < 4.78 is 0. The van der Waals surface area contributed by atoms with Crippen molar-refractivity contribution in [3.8, 4) is 33.4 Å². The van der Waals surface area contributed by atoms with Crippen LogP contribution in [-0.4, -0.2) is 15.0 Å². The van der Waals surface area contributed by atoms with Crippen molar-refractivity contribution in [1.29, 1.82) is 0 Å². The SMILES string of the molecule is c1cnc2c(-c3ccc(N(c4ccc(-c5cccc6cccnc56)cc4)c4ccc(-c5cccc6cccnc56)cc4)cc3)cccc2c1. The lowest BCUT2D eigenvalue weighted by Gasteiger charge is -2.26. The lowest BCUT2D eigenvalue weighted by atomic mass is 10.00. The van der Waals surface area contributed by atoms with E-state index in [-0.39, 0.29) is 0 Å². The molecule has 0 radical (unpaired) electrons. The number of fused-ring (bicyclic) bond motifs is 3. The van der Waals surface area contributed by atoms with E-state index in [1.807, 2.05) is 36.8 Å². The molecular formula is C45H30N4. The van der Waals surface area contributed by atoms with Crippen molar-refractivity contribution in [2.24, 2.45) is 0 Å². The Hall–Kier alpha value is -6.65. The molecule has 0 spiro atoms. The minimum absolute atomic E-state index is 1.01. The van der Waals surface area contributed by atoms with E-state index in [1.54, 1.807) is 0 Å². The summed E-state index contributed by atoms with van der Waals surface area (Å²) in [7, 11) is 0. The van der Waals surface area contributed by atoms with Gasteiger partial charge in [-0.25, -0.2) is 0 Å². The molecule has 0 aliphatic heterocycles. The largest absolute Gasteiger partial charge is 0.311 e. The van der Waals surface area contributed by atoms with E-state index < -0.39 is 0 Å². The molecule has 9 rings (SSSR count). The highest BCUT2D eigenvalue weighted by Crippen LogP contribution is 2.39. The van der Waals surface area contributed by atoms with Crippen LogP contribution >= 0.6 is 0 Å². The van der Waals surface area contributed by atoms with E-state index in [2.05, 4.69) is 150 Å². The Labute approximate surface area is 284 Å². The van der Waals surface area contributed by atoms with Gasteiger partial charge in [0.25, 0.3) is 0 Å². The number of rotatable bonds is 6. The molecule has 9 aromatic rings. The van der Waals surface area contributed by atoms with Crippen LogP contribution in [0.3, 0.4) is 0 Å². The van der Waals surface area contributed by atoms with Gasteiger partial charge in [0.15, 0.2) is 0 Å². The molecule has 0 fully saturated rings. The summed E-state index contributed by atoms with van der Waals surface area (Å²) >= 11 is 0. The van der Waals surface area contributed by atoms with Crippen molar-refractivity contribution in [1.82, 2.24) is 15.0 Å². The summed E-state index contributed by atoms with van der Waals surface area (Å²) in [5.74, 6) is 0. The molecule has 0 atom stereocenters. The summed E-state index contributed by atoms with van der Waals surface area (Å²) in [6, 6.07) is 57.7. The molecule has 0 saturated carbocycles. The Bertz CT molecular complexity index is 2280. The highest BCUT2D eigenvalue weighted by Gasteiger charge is 2.15. The molecule has 6 aromatic carbocycles. The molecule has 4 heteroatoms. The first kappa shape index (κ1) is 28.6. The first-order valence-corrected chi connectivity index (χ1v) is 16.4. The van der Waals surface area contributed by atoms with Gasteiger partial charge in [-0.3, -0.25) is 15.0 Å². The van der Waals surface area contributed by atoms with Crippen LogP contribution < -0.4 is 4.90 Å². The molecule has 4 nitrogen and oxygen atoms in total. The van der Waals surface area contributed by atoms with Gasteiger partial charge in [-0.2, -0.15) is 0 Å². The molecule has 3 heterocycles. The van der Waals surface area contributed by atoms with Gasteiger partial charge in [0, 0.05) is 68.5 Å². The van der Waals surface area contributed by atoms with Crippen molar-refractivity contribution in [3.05, 3.63) is 182 Å². The van der Waals surface area contributed by atoms with E-state index in [0.29, 0.717) is 0 Å². The molecule has 0 aliphatic carbocycles. The minimum atomic E-state index is 1.01. The quantitative estimate of drug-likeness (QED) is 0.184. The van der Waals surface area contributed by atoms with Crippen molar-refractivity contribution in [2.45, 2.75) is 0 Å². The Morgan fingerprint density at radius 2 is 0.571 bits per heavy atom. The second-order valence-electron chi connectivity index (χ2n) is 12.1. The van der Waals surface area contributed by atoms with Crippen LogP contribution in [0.5, 0.6) is 0 Å². The Kier molecular flexibility index (Phi) is 7.10. The molecule has 49 heavy (non-hydrogen) atoms. The summed E-state index contributed by atoms with van der Waals surface area (Å²) in [5.41, 5.74) is 13.0. The molecule has 0 amide bonds. The first-order chi connectivity index (χ1) is 24.3. The number of hydrogen-bond donors (Lipinski definition) is 0. The van der Waals surface area contributed by atoms with Crippen molar-refractivity contribution < 1.29 is 0 Å². The van der Waals surface area contributed by atoms with Crippen LogP contribution in [0.4, 0.5) is 17.1 Å². The van der Waals surface area contributed by atoms with Crippen molar-refractivity contribution in [3.63, 3.8) is 0 Å². The van der Waals surface area contributed by atoms with E-state index >= 15 is 0 Å². The molecule has 0 bridgehead atoms. The number of para-hydroxylation sites is 3. The fourth-order valence-corrected chi connectivity index (χ4v) is 6.83. The number of anilines is 3. The van der Waals surface area contributed by atoms with E-state index in [1.165, 1.54) is 0 Å². The van der Waals surface area contributed by atoms with Crippen LogP contribution in [0.1, 0.15) is 0 Å². The number of benzene rings is 6. The lowest BCUT2D eigenvalue weighted by molar-refractivity contribution is 1.28. The second-order valence-corrected chi connectivity index (χ2v) is 12.1. The van der Waals surface area contributed by atoms with Gasteiger partial charge in [0.2, 0.25) is 0 Å². The summed E-state index contributed by atoms with van der Waals surface area (Å²) in [5, 5.41) is 3.40. The number of pyridine rings is 3. The first-order valence-electron chi connectivity index (χ1n) is 16.4. The number of aromatic nitrogens is 3. The normalized spacial score (nSPS) is 11.3. The zero-order valence-corrected chi connectivity index (χ0v) is 26.6. The highest BCUT2D eigenvalue weighted by molar-refractivity contribution is 5.96. The van der Waals surface area contributed by atoms with E-state index in [4.69, 9.17) is 15.0 Å². The molecule has 3 aromatic heterocycles. The maximum atomic E-state index is 4.70. The van der Waals surface area contributed by atoms with Crippen LogP contribution in [0.2, 0.25) is 0 Å². The second kappa shape index (κ2) is 12.2. The topological polar surface area (TPSA) is 41.9 Å². The van der Waals surface area contributed by atoms with E-state index in [0.717, 1.165) is 83.2 Å². The zero-order chi connectivity index (χ0) is 32.6. The van der Waals surface area contributed by atoms with Gasteiger partial charge >= 0.3 is 0 Å². The zero-order valence-electron chi connectivity index (χ0n) is 26.6. The molecule has 0 unspecified atom stereocenters. The van der Waals surface area contributed by atoms with E-state index in [9.17, 15) is 0 Å². The number of hydrogen-bond acceptors (Lipinski definition) is 4. The van der Waals surface area contributed by atoms with Gasteiger partial charge in [0.05, 0.1) is 16.6 Å². The van der Waals surface area contributed by atoms with Crippen molar-refractivity contribution >= 4 is 49.8 Å². The van der Waals surface area contributed by atoms with Crippen LogP contribution in [0.15, 0.2) is 182 Å². The van der Waals surface area contributed by atoms with Crippen molar-refractivity contribution in [2.75, 3.05) is 4.90 Å². The lowest BCUT2D eigenvalue weighted by Crippen LogP contribution is -2.09. The molecular weight excluding hydrogens is 597 g/mol. The maximum Gasteiger partial charge on any atom is 0.0780 e. The highest BCUT2D eigenvalue weighted by atomic mass is 15.1. The van der Waals surface area contributed by atoms with Gasteiger partial charge < -0.3 is 4.90 Å². The third-order valence-electron chi connectivity index (χ3n) is 9.21. The predicted molar refractivity (Wildman–Crippen MR) is 203 cm³/mol. The van der Waals surface area contributed by atoms with Crippen LogP contribution in [-0.2, 0) is 0 Å². The third kappa shape index (κ3) is 5.26. The fraction of sp³-hybridized carbons (Fsp3) is 0. The van der Waals surface area contributed by atoms with Crippen LogP contribution in [0, 0.1) is 0 Å². The Morgan fingerprint density at radius 1 is 0.286 bits per heavy atom. The van der Waals surface area contributed by atoms with Crippen LogP contribution in [0.25, 0.3) is 66.1 Å². The molecule has 0 aliphatic rings. The predicted octanol–water partition coefficient (Wildman–Crippen LogP) is 11.8. The smallest absolute Gasteiger partial charge is 0.0780 e. The molecule has 0 saturated heterocycles. The molecule has 230 valence electrons. The van der Waals surface area contributed by atoms with Gasteiger partial charge in [-0.15, -0.1) is 0 Å². The van der Waals surface area contributed by atoms with Gasteiger partial charge in [-0.05, 0) is 71.3 Å².